The minimum Gasteiger partial charge on any atom is -0.365 e. The van der Waals surface area contributed by atoms with Crippen LogP contribution in [0.2, 0.25) is 0 Å². The Morgan fingerprint density at radius 1 is 1.31 bits per heavy atom. The summed E-state index contributed by atoms with van der Waals surface area (Å²) >= 11 is 0. The number of pyridine rings is 1. The van der Waals surface area contributed by atoms with Gasteiger partial charge in [-0.2, -0.15) is 13.8 Å². The highest BCUT2D eigenvalue weighted by Crippen LogP contribution is 2.15. The second kappa shape index (κ2) is 3.64. The van der Waals surface area contributed by atoms with Gasteiger partial charge in [0.1, 0.15) is 0 Å². The van der Waals surface area contributed by atoms with Crippen LogP contribution in [0.5, 0.6) is 0 Å². The van der Waals surface area contributed by atoms with Gasteiger partial charge in [0.05, 0.1) is 0 Å². The summed E-state index contributed by atoms with van der Waals surface area (Å²) in [6, 6.07) is 0.268. The molecule has 0 atom stereocenters. The first-order valence-electron chi connectivity index (χ1n) is 3.78. The van der Waals surface area contributed by atoms with Crippen molar-refractivity contribution in [1.82, 2.24) is 4.98 Å². The lowest BCUT2D eigenvalue weighted by molar-refractivity contribution is 0.481. The van der Waals surface area contributed by atoms with E-state index in [2.05, 4.69) is 10.3 Å². The van der Waals surface area contributed by atoms with E-state index >= 15 is 0 Å². The van der Waals surface area contributed by atoms with Crippen LogP contribution < -0.4 is 5.32 Å². The minimum absolute atomic E-state index is 0.136. The molecule has 0 saturated heterocycles. The van der Waals surface area contributed by atoms with Crippen molar-refractivity contribution in [2.45, 2.75) is 19.9 Å². The molecule has 13 heavy (non-hydrogen) atoms. The molecule has 2 nitrogen and oxygen atoms in total. The topological polar surface area (TPSA) is 24.9 Å². The van der Waals surface area contributed by atoms with Crippen LogP contribution in [0.1, 0.15) is 13.8 Å². The van der Waals surface area contributed by atoms with E-state index in [-0.39, 0.29) is 6.04 Å². The van der Waals surface area contributed by atoms with Crippen molar-refractivity contribution in [2.24, 2.45) is 0 Å². The summed E-state index contributed by atoms with van der Waals surface area (Å²) in [5.74, 6) is -3.83. The summed E-state index contributed by atoms with van der Waals surface area (Å²) in [6.07, 6.45) is 0. The van der Waals surface area contributed by atoms with Crippen LogP contribution in [0, 0.1) is 17.6 Å². The maximum absolute atomic E-state index is 12.9. The summed E-state index contributed by atoms with van der Waals surface area (Å²) in [6.45, 7) is 3.42. The molecule has 0 aliphatic rings. The number of halogens is 3. The molecule has 0 radical (unpaired) electrons. The van der Waals surface area contributed by atoms with Crippen LogP contribution in [-0.2, 0) is 0 Å². The molecule has 0 aliphatic heterocycles. The average molecular weight is 190 g/mol. The Balaban J connectivity index is 3.05. The van der Waals surface area contributed by atoms with Crippen molar-refractivity contribution in [1.29, 1.82) is 0 Å². The highest BCUT2D eigenvalue weighted by molar-refractivity contribution is 5.37. The van der Waals surface area contributed by atoms with Gasteiger partial charge in [0.25, 0.3) is 0 Å². The van der Waals surface area contributed by atoms with Crippen molar-refractivity contribution in [3.8, 4) is 0 Å². The van der Waals surface area contributed by atoms with E-state index in [1.54, 1.807) is 13.8 Å². The monoisotopic (exact) mass is 190 g/mol. The van der Waals surface area contributed by atoms with Crippen LogP contribution in [0.3, 0.4) is 0 Å². The first kappa shape index (κ1) is 9.83. The number of aromatic nitrogens is 1. The van der Waals surface area contributed by atoms with Gasteiger partial charge in [-0.1, -0.05) is 0 Å². The zero-order valence-electron chi connectivity index (χ0n) is 7.24. The molecule has 0 amide bonds. The van der Waals surface area contributed by atoms with Crippen molar-refractivity contribution in [2.75, 3.05) is 5.32 Å². The van der Waals surface area contributed by atoms with Crippen molar-refractivity contribution in [3.05, 3.63) is 23.6 Å². The number of nitrogens with zero attached hydrogens (tertiary/aromatic N) is 1. The highest BCUT2D eigenvalue weighted by atomic mass is 19.2. The van der Waals surface area contributed by atoms with E-state index < -0.39 is 23.4 Å². The third kappa shape index (κ3) is 2.34. The smallest absolute Gasteiger partial charge is 0.217 e. The van der Waals surface area contributed by atoms with Crippen LogP contribution in [0.25, 0.3) is 0 Å². The number of rotatable bonds is 2. The molecule has 5 heteroatoms. The van der Waals surface area contributed by atoms with Crippen LogP contribution >= 0.6 is 0 Å². The minimum atomic E-state index is -1.24. The zero-order chi connectivity index (χ0) is 10.0. The molecule has 1 heterocycles. The van der Waals surface area contributed by atoms with Crippen LogP contribution in [0.4, 0.5) is 19.0 Å². The first-order valence-corrected chi connectivity index (χ1v) is 3.78. The Morgan fingerprint density at radius 3 is 2.46 bits per heavy atom. The molecule has 0 spiro atoms. The molecular weight excluding hydrogens is 181 g/mol. The molecule has 1 aromatic rings. The summed E-state index contributed by atoms with van der Waals surface area (Å²) in [5, 5.41) is 2.49. The maximum Gasteiger partial charge on any atom is 0.217 e. The van der Waals surface area contributed by atoms with Gasteiger partial charge in [0.2, 0.25) is 11.8 Å². The van der Waals surface area contributed by atoms with Gasteiger partial charge in [-0.05, 0) is 13.8 Å². The second-order valence-corrected chi connectivity index (χ2v) is 2.89. The van der Waals surface area contributed by atoms with Gasteiger partial charge in [0.15, 0.2) is 11.6 Å². The fourth-order valence-electron chi connectivity index (χ4n) is 0.838. The van der Waals surface area contributed by atoms with Crippen molar-refractivity contribution < 1.29 is 13.2 Å². The molecule has 0 fully saturated rings. The summed E-state index contributed by atoms with van der Waals surface area (Å²) in [4.78, 5) is 3.18. The molecular formula is C8H9F3N2. The normalized spacial score (nSPS) is 10.6. The molecule has 0 bridgehead atoms. The van der Waals surface area contributed by atoms with E-state index in [0.29, 0.717) is 6.07 Å². The molecule has 1 aromatic heterocycles. The van der Waals surface area contributed by atoms with Gasteiger partial charge in [-0.3, -0.25) is 0 Å². The zero-order valence-corrected chi connectivity index (χ0v) is 7.24. The number of nitrogens with one attached hydrogen (secondary N) is 1. The molecule has 0 aliphatic carbocycles. The van der Waals surface area contributed by atoms with Crippen molar-refractivity contribution >= 4 is 5.82 Å². The number of anilines is 1. The van der Waals surface area contributed by atoms with Gasteiger partial charge in [-0.15, -0.1) is 0 Å². The van der Waals surface area contributed by atoms with Crippen LogP contribution in [-0.4, -0.2) is 11.0 Å². The molecule has 0 saturated carbocycles. The van der Waals surface area contributed by atoms with E-state index in [1.807, 2.05) is 0 Å². The molecule has 1 rings (SSSR count). The van der Waals surface area contributed by atoms with Crippen LogP contribution in [0.15, 0.2) is 6.07 Å². The van der Waals surface area contributed by atoms with E-state index in [9.17, 15) is 13.2 Å². The fourth-order valence-corrected chi connectivity index (χ4v) is 0.838. The quantitative estimate of drug-likeness (QED) is 0.724. The predicted octanol–water partition coefficient (Wildman–Crippen LogP) is 2.32. The largest absolute Gasteiger partial charge is 0.365 e. The Hall–Kier alpha value is -1.26. The Morgan fingerprint density at radius 2 is 1.92 bits per heavy atom. The lowest BCUT2D eigenvalue weighted by Gasteiger charge is -2.09. The summed E-state index contributed by atoms with van der Waals surface area (Å²) in [5.41, 5.74) is 0. The number of hydrogen-bond acceptors (Lipinski definition) is 2. The summed E-state index contributed by atoms with van der Waals surface area (Å²) in [7, 11) is 0. The average Bonchev–Trinajstić information content (AvgIpc) is 1.98. The van der Waals surface area contributed by atoms with Gasteiger partial charge in [0, 0.05) is 12.1 Å². The number of hydrogen-bond donors (Lipinski definition) is 1. The first-order chi connectivity index (χ1) is 6.00. The van der Waals surface area contributed by atoms with Gasteiger partial charge in [-0.25, -0.2) is 4.39 Å². The highest BCUT2D eigenvalue weighted by Gasteiger charge is 2.12. The van der Waals surface area contributed by atoms with Gasteiger partial charge >= 0.3 is 0 Å². The Labute approximate surface area is 73.8 Å². The molecule has 1 N–H and O–H groups in total. The third-order valence-electron chi connectivity index (χ3n) is 1.31. The lowest BCUT2D eigenvalue weighted by atomic mass is 10.3. The summed E-state index contributed by atoms with van der Waals surface area (Å²) < 4.78 is 38.0. The molecule has 72 valence electrons. The van der Waals surface area contributed by atoms with Crippen molar-refractivity contribution in [3.63, 3.8) is 0 Å². The predicted molar refractivity (Wildman–Crippen MR) is 42.9 cm³/mol. The Kier molecular flexibility index (Phi) is 2.75. The van der Waals surface area contributed by atoms with E-state index in [1.165, 1.54) is 0 Å². The Bertz CT molecular complexity index is 313. The lowest BCUT2D eigenvalue weighted by Crippen LogP contribution is -2.14. The van der Waals surface area contributed by atoms with E-state index in [4.69, 9.17) is 0 Å². The third-order valence-corrected chi connectivity index (χ3v) is 1.31. The SMILES string of the molecule is CC(C)Nc1nc(F)cc(F)c1F. The standard InChI is InChI=1S/C8H9F3N2/c1-4(2)12-8-7(11)5(9)3-6(10)13-8/h3-4H,1-2H3,(H,12,13). The van der Waals surface area contributed by atoms with Gasteiger partial charge < -0.3 is 5.32 Å². The fraction of sp³-hybridized carbons (Fsp3) is 0.375. The second-order valence-electron chi connectivity index (χ2n) is 2.89. The maximum atomic E-state index is 12.9. The molecule has 0 unspecified atom stereocenters. The van der Waals surface area contributed by atoms with E-state index in [0.717, 1.165) is 0 Å². The molecule has 0 aromatic carbocycles.